The van der Waals surface area contributed by atoms with E-state index >= 15 is 0 Å². The number of nitrogens with zero attached hydrogens (tertiary/aromatic N) is 1. The lowest BCUT2D eigenvalue weighted by atomic mass is 10.2. The summed E-state index contributed by atoms with van der Waals surface area (Å²) < 4.78 is 37.3. The first kappa shape index (κ1) is 11.8. The molecule has 0 aliphatic rings. The van der Waals surface area contributed by atoms with E-state index in [1.165, 1.54) is 0 Å². The summed E-state index contributed by atoms with van der Waals surface area (Å²) in [7, 11) is 0. The average molecular weight is 240 g/mol. The summed E-state index contributed by atoms with van der Waals surface area (Å²) in [6.07, 6.45) is -3.65. The van der Waals surface area contributed by atoms with Gasteiger partial charge in [0.25, 0.3) is 6.43 Å². The molecule has 0 saturated carbocycles. The van der Waals surface area contributed by atoms with Gasteiger partial charge in [0.1, 0.15) is 0 Å². The monoisotopic (exact) mass is 239 g/mol. The van der Waals surface area contributed by atoms with Crippen LogP contribution >= 0.6 is 11.6 Å². The number of alkyl halides is 2. The van der Waals surface area contributed by atoms with Crippen LogP contribution in [0.2, 0.25) is 5.02 Å². The van der Waals surface area contributed by atoms with E-state index in [9.17, 15) is 18.0 Å². The maximum Gasteiger partial charge on any atom is 0.309 e. The molecule has 3 nitrogen and oxygen atoms in total. The van der Waals surface area contributed by atoms with Gasteiger partial charge in [-0.3, -0.25) is 4.79 Å². The molecule has 0 aromatic carbocycles. The van der Waals surface area contributed by atoms with Crippen LogP contribution in [0.15, 0.2) is 6.07 Å². The average Bonchev–Trinajstić information content (AvgIpc) is 1.99. The van der Waals surface area contributed by atoms with Gasteiger partial charge in [0.2, 0.25) is 5.95 Å². The van der Waals surface area contributed by atoms with Crippen molar-refractivity contribution < 1.29 is 23.1 Å². The minimum atomic E-state index is -3.08. The molecule has 0 aliphatic carbocycles. The van der Waals surface area contributed by atoms with Gasteiger partial charge < -0.3 is 5.11 Å². The number of carboxylic acids is 1. The highest BCUT2D eigenvalue weighted by molar-refractivity contribution is 6.31. The quantitative estimate of drug-likeness (QED) is 0.824. The first-order valence-corrected chi connectivity index (χ1v) is 4.14. The number of carboxylic acid groups (broad SMARTS) is 1. The number of carbonyl (C=O) groups is 1. The lowest BCUT2D eigenvalue weighted by Gasteiger charge is -2.05. The normalized spacial score (nSPS) is 10.7. The molecule has 1 heterocycles. The standard InChI is InChI=1S/C8H5ClF3NO2/c9-4-1-3(2-5(14)15)13-8(12)6(4)7(10)11/h1,7H,2H2,(H,14,15). The van der Waals surface area contributed by atoms with Crippen molar-refractivity contribution >= 4 is 17.6 Å². The van der Waals surface area contributed by atoms with Crippen molar-refractivity contribution in [1.82, 2.24) is 4.98 Å². The number of pyridine rings is 1. The fraction of sp³-hybridized carbons (Fsp3) is 0.250. The molecule has 0 atom stereocenters. The molecule has 0 fully saturated rings. The second-order valence-corrected chi connectivity index (χ2v) is 3.08. The van der Waals surface area contributed by atoms with Gasteiger partial charge in [-0.05, 0) is 6.07 Å². The Kier molecular flexibility index (Phi) is 3.52. The van der Waals surface area contributed by atoms with Gasteiger partial charge in [-0.2, -0.15) is 4.39 Å². The van der Waals surface area contributed by atoms with Crippen LogP contribution in [-0.2, 0) is 11.2 Å². The van der Waals surface area contributed by atoms with E-state index in [1.54, 1.807) is 0 Å². The zero-order chi connectivity index (χ0) is 11.6. The van der Waals surface area contributed by atoms with Crippen molar-refractivity contribution in [3.05, 3.63) is 28.3 Å². The molecule has 0 aliphatic heterocycles. The van der Waals surface area contributed by atoms with Gasteiger partial charge in [-0.1, -0.05) is 11.6 Å². The molecular weight excluding hydrogens is 235 g/mol. The molecule has 1 rings (SSSR count). The van der Waals surface area contributed by atoms with Gasteiger partial charge in [0, 0.05) is 0 Å². The Morgan fingerprint density at radius 2 is 2.20 bits per heavy atom. The summed E-state index contributed by atoms with van der Waals surface area (Å²) in [6.45, 7) is 0. The topological polar surface area (TPSA) is 50.2 Å². The third-order valence-electron chi connectivity index (χ3n) is 1.57. The van der Waals surface area contributed by atoms with Gasteiger partial charge in [-0.25, -0.2) is 13.8 Å². The lowest BCUT2D eigenvalue weighted by molar-refractivity contribution is -0.136. The zero-order valence-electron chi connectivity index (χ0n) is 7.18. The van der Waals surface area contributed by atoms with E-state index in [1.807, 2.05) is 0 Å². The van der Waals surface area contributed by atoms with Crippen LogP contribution in [0.5, 0.6) is 0 Å². The predicted molar refractivity (Wildman–Crippen MR) is 45.5 cm³/mol. The Balaban J connectivity index is 3.13. The smallest absolute Gasteiger partial charge is 0.309 e. The Hall–Kier alpha value is -1.30. The second kappa shape index (κ2) is 4.48. The molecular formula is C8H5ClF3NO2. The molecule has 0 spiro atoms. The largest absolute Gasteiger partial charge is 0.481 e. The minimum absolute atomic E-state index is 0.200. The van der Waals surface area contributed by atoms with E-state index in [-0.39, 0.29) is 5.69 Å². The van der Waals surface area contributed by atoms with Crippen LogP contribution in [-0.4, -0.2) is 16.1 Å². The fourth-order valence-electron chi connectivity index (χ4n) is 0.981. The highest BCUT2D eigenvalue weighted by Crippen LogP contribution is 2.29. The van der Waals surface area contributed by atoms with E-state index < -0.39 is 35.3 Å². The molecule has 0 bridgehead atoms. The number of hydrogen-bond acceptors (Lipinski definition) is 2. The molecule has 0 amide bonds. The highest BCUT2D eigenvalue weighted by atomic mass is 35.5. The van der Waals surface area contributed by atoms with Crippen LogP contribution < -0.4 is 0 Å². The summed E-state index contributed by atoms with van der Waals surface area (Å²) in [4.78, 5) is 13.3. The second-order valence-electron chi connectivity index (χ2n) is 2.67. The molecule has 0 unspecified atom stereocenters. The summed E-state index contributed by atoms with van der Waals surface area (Å²) in [6, 6.07) is 0.917. The van der Waals surface area contributed by atoms with Crippen molar-refractivity contribution in [3.8, 4) is 0 Å². The number of rotatable bonds is 3. The van der Waals surface area contributed by atoms with Gasteiger partial charge in [0.05, 0.1) is 22.7 Å². The molecule has 82 valence electrons. The fourth-order valence-corrected chi connectivity index (χ4v) is 1.27. The molecule has 0 radical (unpaired) electrons. The van der Waals surface area contributed by atoms with Crippen LogP contribution in [0, 0.1) is 5.95 Å². The first-order valence-electron chi connectivity index (χ1n) is 3.76. The van der Waals surface area contributed by atoms with Crippen LogP contribution in [0.1, 0.15) is 17.7 Å². The van der Waals surface area contributed by atoms with E-state index in [4.69, 9.17) is 16.7 Å². The van der Waals surface area contributed by atoms with Gasteiger partial charge in [-0.15, -0.1) is 0 Å². The Morgan fingerprint density at radius 1 is 1.60 bits per heavy atom. The Labute approximate surface area is 87.5 Å². The maximum absolute atomic E-state index is 12.9. The number of hydrogen-bond donors (Lipinski definition) is 1. The predicted octanol–water partition coefficient (Wildman–Crippen LogP) is 2.44. The summed E-state index contributed by atoms with van der Waals surface area (Å²) in [5.74, 6) is -2.68. The Bertz CT molecular complexity index is 374. The van der Waals surface area contributed by atoms with E-state index in [2.05, 4.69) is 4.98 Å². The number of aliphatic carboxylic acids is 1. The molecule has 0 saturated heterocycles. The molecule has 15 heavy (non-hydrogen) atoms. The molecule has 1 aromatic rings. The van der Waals surface area contributed by atoms with Crippen LogP contribution in [0.3, 0.4) is 0 Å². The van der Waals surface area contributed by atoms with Crippen molar-refractivity contribution in [2.75, 3.05) is 0 Å². The number of halogens is 4. The molecule has 1 aromatic heterocycles. The van der Waals surface area contributed by atoms with Crippen molar-refractivity contribution in [2.24, 2.45) is 0 Å². The third-order valence-corrected chi connectivity index (χ3v) is 1.88. The molecule has 1 N–H and O–H groups in total. The zero-order valence-corrected chi connectivity index (χ0v) is 7.93. The SMILES string of the molecule is O=C(O)Cc1cc(Cl)c(C(F)F)c(F)n1. The van der Waals surface area contributed by atoms with Crippen LogP contribution in [0.25, 0.3) is 0 Å². The summed E-state index contributed by atoms with van der Waals surface area (Å²) in [5, 5.41) is 7.85. The van der Waals surface area contributed by atoms with Crippen molar-refractivity contribution in [3.63, 3.8) is 0 Å². The van der Waals surface area contributed by atoms with Gasteiger partial charge >= 0.3 is 5.97 Å². The summed E-state index contributed by atoms with van der Waals surface area (Å²) in [5.41, 5.74) is -1.21. The number of aromatic nitrogens is 1. The highest BCUT2D eigenvalue weighted by Gasteiger charge is 2.20. The third kappa shape index (κ3) is 2.82. The molecule has 7 heteroatoms. The van der Waals surface area contributed by atoms with Gasteiger partial charge in [0.15, 0.2) is 0 Å². The van der Waals surface area contributed by atoms with Crippen LogP contribution in [0.4, 0.5) is 13.2 Å². The van der Waals surface area contributed by atoms with E-state index in [0.29, 0.717) is 0 Å². The van der Waals surface area contributed by atoms with E-state index in [0.717, 1.165) is 6.07 Å². The van der Waals surface area contributed by atoms with Crippen molar-refractivity contribution in [2.45, 2.75) is 12.8 Å². The summed E-state index contributed by atoms with van der Waals surface area (Å²) >= 11 is 5.36. The minimum Gasteiger partial charge on any atom is -0.481 e. The maximum atomic E-state index is 12.9. The Morgan fingerprint density at radius 3 is 2.60 bits per heavy atom. The van der Waals surface area contributed by atoms with Crippen molar-refractivity contribution in [1.29, 1.82) is 0 Å². The first-order chi connectivity index (χ1) is 6.91. The lowest BCUT2D eigenvalue weighted by Crippen LogP contribution is -2.06.